The fourth-order valence-corrected chi connectivity index (χ4v) is 1.12. The SMILES string of the molecule is Cc1cccc(CC(N)N)c1F. The van der Waals surface area contributed by atoms with Gasteiger partial charge >= 0.3 is 0 Å². The molecule has 3 heteroatoms. The third-order valence-corrected chi connectivity index (χ3v) is 1.73. The molecule has 0 saturated carbocycles. The molecule has 0 atom stereocenters. The van der Waals surface area contributed by atoms with Gasteiger partial charge in [-0.25, -0.2) is 4.39 Å². The van der Waals surface area contributed by atoms with E-state index in [4.69, 9.17) is 11.5 Å². The Morgan fingerprint density at radius 1 is 1.42 bits per heavy atom. The molecule has 1 aromatic carbocycles. The molecule has 0 bridgehead atoms. The lowest BCUT2D eigenvalue weighted by Gasteiger charge is -2.07. The zero-order valence-corrected chi connectivity index (χ0v) is 7.05. The summed E-state index contributed by atoms with van der Waals surface area (Å²) in [6, 6.07) is 5.23. The number of aryl methyl sites for hydroxylation is 1. The van der Waals surface area contributed by atoms with E-state index in [1.54, 1.807) is 25.1 Å². The summed E-state index contributed by atoms with van der Waals surface area (Å²) in [4.78, 5) is 0. The van der Waals surface area contributed by atoms with Crippen LogP contribution >= 0.6 is 0 Å². The Balaban J connectivity index is 2.92. The van der Waals surface area contributed by atoms with E-state index in [0.717, 1.165) is 0 Å². The average molecular weight is 168 g/mol. The lowest BCUT2D eigenvalue weighted by atomic mass is 10.1. The summed E-state index contributed by atoms with van der Waals surface area (Å²) >= 11 is 0. The van der Waals surface area contributed by atoms with Gasteiger partial charge in [0.2, 0.25) is 0 Å². The molecular weight excluding hydrogens is 155 g/mol. The standard InChI is InChI=1S/C9H13FN2/c1-6-3-2-4-7(9(6)10)5-8(11)12/h2-4,8H,5,11-12H2,1H3. The second kappa shape index (κ2) is 3.65. The maximum atomic E-state index is 13.3. The number of nitrogens with two attached hydrogens (primary N) is 2. The van der Waals surface area contributed by atoms with Crippen LogP contribution in [-0.4, -0.2) is 6.17 Å². The van der Waals surface area contributed by atoms with Gasteiger partial charge in [0.15, 0.2) is 0 Å². The van der Waals surface area contributed by atoms with Crippen LogP contribution in [0, 0.1) is 12.7 Å². The molecule has 1 rings (SSSR count). The van der Waals surface area contributed by atoms with E-state index in [-0.39, 0.29) is 5.82 Å². The third kappa shape index (κ3) is 2.03. The fourth-order valence-electron chi connectivity index (χ4n) is 1.12. The highest BCUT2D eigenvalue weighted by molar-refractivity contribution is 5.25. The first-order valence-electron chi connectivity index (χ1n) is 3.86. The first kappa shape index (κ1) is 9.16. The molecule has 0 fully saturated rings. The van der Waals surface area contributed by atoms with Crippen LogP contribution in [0.25, 0.3) is 0 Å². The summed E-state index contributed by atoms with van der Waals surface area (Å²) in [5.41, 5.74) is 11.9. The van der Waals surface area contributed by atoms with Gasteiger partial charge in [-0.3, -0.25) is 0 Å². The molecule has 0 aliphatic carbocycles. The number of halogens is 1. The Bertz CT molecular complexity index is 271. The van der Waals surface area contributed by atoms with Crippen LogP contribution in [0.5, 0.6) is 0 Å². The molecular formula is C9H13FN2. The van der Waals surface area contributed by atoms with Gasteiger partial charge in [0, 0.05) is 6.42 Å². The summed E-state index contributed by atoms with van der Waals surface area (Å²) in [6.45, 7) is 1.72. The zero-order valence-electron chi connectivity index (χ0n) is 7.05. The molecule has 0 unspecified atom stereocenters. The summed E-state index contributed by atoms with van der Waals surface area (Å²) < 4.78 is 13.3. The minimum absolute atomic E-state index is 0.196. The first-order valence-corrected chi connectivity index (χ1v) is 3.86. The summed E-state index contributed by atoms with van der Waals surface area (Å²) in [7, 11) is 0. The molecule has 4 N–H and O–H groups in total. The van der Waals surface area contributed by atoms with Gasteiger partial charge in [-0.1, -0.05) is 18.2 Å². The van der Waals surface area contributed by atoms with Gasteiger partial charge in [-0.15, -0.1) is 0 Å². The quantitative estimate of drug-likeness (QED) is 0.645. The Morgan fingerprint density at radius 3 is 2.67 bits per heavy atom. The van der Waals surface area contributed by atoms with Crippen molar-refractivity contribution < 1.29 is 4.39 Å². The molecule has 0 aliphatic heterocycles. The Labute approximate surface area is 71.4 Å². The third-order valence-electron chi connectivity index (χ3n) is 1.73. The van der Waals surface area contributed by atoms with Crippen LogP contribution in [-0.2, 0) is 6.42 Å². The van der Waals surface area contributed by atoms with Crippen molar-refractivity contribution in [1.82, 2.24) is 0 Å². The number of rotatable bonds is 2. The van der Waals surface area contributed by atoms with E-state index in [2.05, 4.69) is 0 Å². The number of hydrogen-bond acceptors (Lipinski definition) is 2. The van der Waals surface area contributed by atoms with Crippen molar-refractivity contribution in [1.29, 1.82) is 0 Å². The molecule has 2 nitrogen and oxygen atoms in total. The number of benzene rings is 1. The largest absolute Gasteiger partial charge is 0.316 e. The molecule has 0 amide bonds. The second-order valence-electron chi connectivity index (χ2n) is 2.92. The predicted molar refractivity (Wildman–Crippen MR) is 47.0 cm³/mol. The molecule has 0 spiro atoms. The van der Waals surface area contributed by atoms with Gasteiger partial charge in [0.1, 0.15) is 5.82 Å². The lowest BCUT2D eigenvalue weighted by Crippen LogP contribution is -2.33. The molecule has 66 valence electrons. The van der Waals surface area contributed by atoms with Crippen LogP contribution < -0.4 is 11.5 Å². The minimum atomic E-state index is -0.485. The summed E-state index contributed by atoms with van der Waals surface area (Å²) in [5.74, 6) is -0.196. The van der Waals surface area contributed by atoms with E-state index in [9.17, 15) is 4.39 Å². The molecule has 1 aromatic rings. The van der Waals surface area contributed by atoms with Crippen molar-refractivity contribution in [3.63, 3.8) is 0 Å². The van der Waals surface area contributed by atoms with Crippen molar-refractivity contribution in [2.24, 2.45) is 11.5 Å². The van der Waals surface area contributed by atoms with E-state index < -0.39 is 6.17 Å². The Hall–Kier alpha value is -0.930. The lowest BCUT2D eigenvalue weighted by molar-refractivity contribution is 0.583. The van der Waals surface area contributed by atoms with Crippen LogP contribution in [0.15, 0.2) is 18.2 Å². The second-order valence-corrected chi connectivity index (χ2v) is 2.92. The predicted octanol–water partition coefficient (Wildman–Crippen LogP) is 0.920. The summed E-state index contributed by atoms with van der Waals surface area (Å²) in [5, 5.41) is 0. The topological polar surface area (TPSA) is 52.0 Å². The van der Waals surface area contributed by atoms with Gasteiger partial charge in [-0.2, -0.15) is 0 Å². The van der Waals surface area contributed by atoms with Crippen LogP contribution in [0.2, 0.25) is 0 Å². The summed E-state index contributed by atoms with van der Waals surface area (Å²) in [6.07, 6.45) is -0.102. The normalized spacial score (nSPS) is 10.8. The monoisotopic (exact) mass is 168 g/mol. The van der Waals surface area contributed by atoms with Gasteiger partial charge in [0.25, 0.3) is 0 Å². The molecule has 12 heavy (non-hydrogen) atoms. The molecule has 0 radical (unpaired) electrons. The van der Waals surface area contributed by atoms with E-state index in [1.165, 1.54) is 0 Å². The van der Waals surface area contributed by atoms with E-state index in [1.807, 2.05) is 0 Å². The van der Waals surface area contributed by atoms with E-state index in [0.29, 0.717) is 17.5 Å². The van der Waals surface area contributed by atoms with Crippen molar-refractivity contribution in [3.8, 4) is 0 Å². The fraction of sp³-hybridized carbons (Fsp3) is 0.333. The zero-order chi connectivity index (χ0) is 9.14. The van der Waals surface area contributed by atoms with Crippen LogP contribution in [0.1, 0.15) is 11.1 Å². The Morgan fingerprint density at radius 2 is 2.08 bits per heavy atom. The van der Waals surface area contributed by atoms with Gasteiger partial charge in [-0.05, 0) is 18.1 Å². The maximum Gasteiger partial charge on any atom is 0.129 e. The molecule has 0 aromatic heterocycles. The molecule has 0 saturated heterocycles. The van der Waals surface area contributed by atoms with Crippen LogP contribution in [0.3, 0.4) is 0 Å². The van der Waals surface area contributed by atoms with Crippen molar-refractivity contribution in [3.05, 3.63) is 35.1 Å². The Kier molecular flexibility index (Phi) is 2.78. The smallest absolute Gasteiger partial charge is 0.129 e. The number of hydrogen-bond donors (Lipinski definition) is 2. The van der Waals surface area contributed by atoms with Crippen LogP contribution in [0.4, 0.5) is 4.39 Å². The van der Waals surface area contributed by atoms with Crippen molar-refractivity contribution in [2.75, 3.05) is 0 Å². The maximum absolute atomic E-state index is 13.3. The minimum Gasteiger partial charge on any atom is -0.316 e. The van der Waals surface area contributed by atoms with Crippen molar-refractivity contribution >= 4 is 0 Å². The highest BCUT2D eigenvalue weighted by atomic mass is 19.1. The highest BCUT2D eigenvalue weighted by Gasteiger charge is 2.05. The highest BCUT2D eigenvalue weighted by Crippen LogP contribution is 2.12. The molecule has 0 aliphatic rings. The van der Waals surface area contributed by atoms with E-state index >= 15 is 0 Å². The first-order chi connectivity index (χ1) is 5.61. The van der Waals surface area contributed by atoms with Crippen molar-refractivity contribution in [2.45, 2.75) is 19.5 Å². The van der Waals surface area contributed by atoms with Gasteiger partial charge < -0.3 is 11.5 Å². The average Bonchev–Trinajstić information content (AvgIpc) is 1.98. The van der Waals surface area contributed by atoms with Gasteiger partial charge in [0.05, 0.1) is 6.17 Å². The molecule has 0 heterocycles.